The van der Waals surface area contributed by atoms with Crippen LogP contribution in [0.1, 0.15) is 23.9 Å². The van der Waals surface area contributed by atoms with Crippen molar-refractivity contribution in [3.8, 4) is 0 Å². The second-order valence-electron chi connectivity index (χ2n) is 4.50. The molecular formula is C13H20N4O. The first-order valence-corrected chi connectivity index (χ1v) is 6.11. The SMILES string of the molecule is CCn1nc(C)c(N)c1N(C)Cc1ccoc1C. The molecule has 0 unspecified atom stereocenters. The van der Waals surface area contributed by atoms with Gasteiger partial charge in [-0.05, 0) is 26.8 Å². The lowest BCUT2D eigenvalue weighted by molar-refractivity contribution is 0.529. The molecule has 0 bridgehead atoms. The van der Waals surface area contributed by atoms with Crippen molar-refractivity contribution in [2.45, 2.75) is 33.9 Å². The van der Waals surface area contributed by atoms with Crippen LogP contribution in [0.3, 0.4) is 0 Å². The number of rotatable bonds is 4. The summed E-state index contributed by atoms with van der Waals surface area (Å²) < 4.78 is 7.24. The fourth-order valence-electron chi connectivity index (χ4n) is 2.11. The van der Waals surface area contributed by atoms with Crippen LogP contribution >= 0.6 is 0 Å². The molecule has 18 heavy (non-hydrogen) atoms. The maximum atomic E-state index is 6.10. The number of aromatic nitrogens is 2. The Kier molecular flexibility index (Phi) is 3.32. The summed E-state index contributed by atoms with van der Waals surface area (Å²) in [5, 5.41) is 4.43. The number of anilines is 2. The third-order valence-electron chi connectivity index (χ3n) is 3.18. The van der Waals surface area contributed by atoms with E-state index in [0.717, 1.165) is 36.0 Å². The van der Waals surface area contributed by atoms with Crippen LogP contribution in [0.25, 0.3) is 0 Å². The minimum Gasteiger partial charge on any atom is -0.469 e. The van der Waals surface area contributed by atoms with E-state index in [0.29, 0.717) is 0 Å². The molecule has 2 N–H and O–H groups in total. The van der Waals surface area contributed by atoms with Crippen LogP contribution in [0.2, 0.25) is 0 Å². The predicted octanol–water partition coefficient (Wildman–Crippen LogP) is 2.33. The van der Waals surface area contributed by atoms with Gasteiger partial charge in [0.25, 0.3) is 0 Å². The summed E-state index contributed by atoms with van der Waals surface area (Å²) >= 11 is 0. The summed E-state index contributed by atoms with van der Waals surface area (Å²) in [5.41, 5.74) is 8.89. The molecule has 0 amide bonds. The first-order chi connectivity index (χ1) is 8.54. The molecule has 0 aromatic carbocycles. The molecule has 0 aliphatic heterocycles. The molecule has 0 saturated heterocycles. The van der Waals surface area contributed by atoms with E-state index in [9.17, 15) is 0 Å². The Bertz CT molecular complexity index is 541. The van der Waals surface area contributed by atoms with Gasteiger partial charge in [0.15, 0.2) is 5.82 Å². The Morgan fingerprint density at radius 2 is 2.17 bits per heavy atom. The van der Waals surface area contributed by atoms with E-state index >= 15 is 0 Å². The molecule has 2 heterocycles. The van der Waals surface area contributed by atoms with Crippen molar-refractivity contribution >= 4 is 11.5 Å². The first kappa shape index (κ1) is 12.5. The molecule has 5 nitrogen and oxygen atoms in total. The Balaban J connectivity index is 2.29. The zero-order valence-corrected chi connectivity index (χ0v) is 11.4. The monoisotopic (exact) mass is 248 g/mol. The standard InChI is InChI=1S/C13H20N4O/c1-5-17-13(12(14)9(2)15-17)16(4)8-11-6-7-18-10(11)3/h6-7H,5,8,14H2,1-4H3. The van der Waals surface area contributed by atoms with Gasteiger partial charge in [0.05, 0.1) is 17.6 Å². The normalized spacial score (nSPS) is 10.9. The van der Waals surface area contributed by atoms with Gasteiger partial charge in [0.1, 0.15) is 5.76 Å². The maximum Gasteiger partial charge on any atom is 0.150 e. The summed E-state index contributed by atoms with van der Waals surface area (Å²) in [5.74, 6) is 1.91. The average molecular weight is 248 g/mol. The Labute approximate surface area is 107 Å². The summed E-state index contributed by atoms with van der Waals surface area (Å²) in [6.45, 7) is 7.53. The van der Waals surface area contributed by atoms with E-state index in [1.807, 2.05) is 31.6 Å². The fourth-order valence-corrected chi connectivity index (χ4v) is 2.11. The van der Waals surface area contributed by atoms with Crippen LogP contribution in [-0.4, -0.2) is 16.8 Å². The molecular weight excluding hydrogens is 228 g/mol. The second-order valence-corrected chi connectivity index (χ2v) is 4.50. The zero-order valence-electron chi connectivity index (χ0n) is 11.4. The molecule has 2 aromatic rings. The number of hydrogen-bond donors (Lipinski definition) is 1. The van der Waals surface area contributed by atoms with Crippen molar-refractivity contribution < 1.29 is 4.42 Å². The number of nitrogen functional groups attached to an aromatic ring is 1. The van der Waals surface area contributed by atoms with Crippen molar-refractivity contribution in [3.05, 3.63) is 29.3 Å². The van der Waals surface area contributed by atoms with Gasteiger partial charge in [-0.1, -0.05) is 0 Å². The zero-order chi connectivity index (χ0) is 13.3. The minimum atomic E-state index is 0.750. The van der Waals surface area contributed by atoms with Crippen LogP contribution in [-0.2, 0) is 13.1 Å². The average Bonchev–Trinajstić information content (AvgIpc) is 2.85. The molecule has 0 spiro atoms. The van der Waals surface area contributed by atoms with E-state index in [2.05, 4.69) is 16.9 Å². The van der Waals surface area contributed by atoms with Gasteiger partial charge in [-0.2, -0.15) is 5.10 Å². The Morgan fingerprint density at radius 3 is 2.72 bits per heavy atom. The van der Waals surface area contributed by atoms with Crippen LogP contribution in [0.4, 0.5) is 11.5 Å². The van der Waals surface area contributed by atoms with E-state index in [-0.39, 0.29) is 0 Å². The third kappa shape index (κ3) is 2.08. The molecule has 0 aliphatic carbocycles. The number of furan rings is 1. The maximum absolute atomic E-state index is 6.10. The van der Waals surface area contributed by atoms with Gasteiger partial charge in [-0.15, -0.1) is 0 Å². The Morgan fingerprint density at radius 1 is 1.44 bits per heavy atom. The number of hydrogen-bond acceptors (Lipinski definition) is 4. The molecule has 0 radical (unpaired) electrons. The van der Waals surface area contributed by atoms with Gasteiger partial charge in [-0.25, -0.2) is 4.68 Å². The lowest BCUT2D eigenvalue weighted by Crippen LogP contribution is -2.21. The summed E-state index contributed by atoms with van der Waals surface area (Å²) in [7, 11) is 2.02. The first-order valence-electron chi connectivity index (χ1n) is 6.11. The highest BCUT2D eigenvalue weighted by Gasteiger charge is 2.16. The smallest absolute Gasteiger partial charge is 0.150 e. The van der Waals surface area contributed by atoms with Gasteiger partial charge >= 0.3 is 0 Å². The van der Waals surface area contributed by atoms with Crippen molar-refractivity contribution in [1.29, 1.82) is 0 Å². The predicted molar refractivity (Wildman–Crippen MR) is 72.6 cm³/mol. The summed E-state index contributed by atoms with van der Waals surface area (Å²) in [6, 6.07) is 1.99. The molecule has 2 aromatic heterocycles. The van der Waals surface area contributed by atoms with E-state index in [4.69, 9.17) is 10.2 Å². The number of nitrogens with zero attached hydrogens (tertiary/aromatic N) is 3. The van der Waals surface area contributed by atoms with Gasteiger partial charge < -0.3 is 15.1 Å². The highest BCUT2D eigenvalue weighted by Crippen LogP contribution is 2.27. The van der Waals surface area contributed by atoms with E-state index in [1.165, 1.54) is 5.56 Å². The second kappa shape index (κ2) is 4.76. The molecule has 2 rings (SSSR count). The van der Waals surface area contributed by atoms with Crippen molar-refractivity contribution in [2.24, 2.45) is 0 Å². The van der Waals surface area contributed by atoms with Crippen LogP contribution in [0.15, 0.2) is 16.7 Å². The quantitative estimate of drug-likeness (QED) is 0.902. The minimum absolute atomic E-state index is 0.750. The number of aryl methyl sites for hydroxylation is 3. The van der Waals surface area contributed by atoms with Crippen LogP contribution in [0, 0.1) is 13.8 Å². The highest BCUT2D eigenvalue weighted by molar-refractivity contribution is 5.66. The Hall–Kier alpha value is -1.91. The molecule has 5 heteroatoms. The molecule has 98 valence electrons. The van der Waals surface area contributed by atoms with Gasteiger partial charge in [-0.3, -0.25) is 0 Å². The molecule has 0 fully saturated rings. The topological polar surface area (TPSA) is 60.2 Å². The van der Waals surface area contributed by atoms with Crippen LogP contribution < -0.4 is 10.6 Å². The van der Waals surface area contributed by atoms with E-state index < -0.39 is 0 Å². The lowest BCUT2D eigenvalue weighted by atomic mass is 10.2. The van der Waals surface area contributed by atoms with E-state index in [1.54, 1.807) is 6.26 Å². The van der Waals surface area contributed by atoms with Crippen LogP contribution in [0.5, 0.6) is 0 Å². The lowest BCUT2D eigenvalue weighted by Gasteiger charge is -2.20. The van der Waals surface area contributed by atoms with Crippen molar-refractivity contribution in [3.63, 3.8) is 0 Å². The molecule has 0 aliphatic rings. The summed E-state index contributed by atoms with van der Waals surface area (Å²) in [6.07, 6.45) is 1.71. The molecule has 0 atom stereocenters. The van der Waals surface area contributed by atoms with Gasteiger partial charge in [0, 0.05) is 25.7 Å². The van der Waals surface area contributed by atoms with Crippen molar-refractivity contribution in [2.75, 3.05) is 17.7 Å². The fraction of sp³-hybridized carbons (Fsp3) is 0.462. The number of nitrogens with two attached hydrogens (primary N) is 1. The van der Waals surface area contributed by atoms with Gasteiger partial charge in [0.2, 0.25) is 0 Å². The molecule has 0 saturated carbocycles. The highest BCUT2D eigenvalue weighted by atomic mass is 16.3. The van der Waals surface area contributed by atoms with Crippen molar-refractivity contribution in [1.82, 2.24) is 9.78 Å². The third-order valence-corrected chi connectivity index (χ3v) is 3.18. The largest absolute Gasteiger partial charge is 0.469 e. The summed E-state index contributed by atoms with van der Waals surface area (Å²) in [4.78, 5) is 2.11.